The quantitative estimate of drug-likeness (QED) is 0.907. The van der Waals surface area contributed by atoms with Crippen LogP contribution in [0.25, 0.3) is 11.0 Å². The number of nitrogens with zero attached hydrogens (tertiary/aromatic N) is 2. The smallest absolute Gasteiger partial charge is 0.228 e. The molecule has 0 radical (unpaired) electrons. The molecule has 1 aromatic carbocycles. The predicted molar refractivity (Wildman–Crippen MR) is 83.0 cm³/mol. The summed E-state index contributed by atoms with van der Waals surface area (Å²) in [5.41, 5.74) is 1.33. The number of halogens is 1. The highest BCUT2D eigenvalue weighted by atomic mass is 32.2. The largest absolute Gasteiger partial charge is 0.313 e. The van der Waals surface area contributed by atoms with Crippen molar-refractivity contribution < 1.29 is 9.18 Å². The average Bonchev–Trinajstić information content (AvgIpc) is 2.75. The zero-order valence-corrected chi connectivity index (χ0v) is 12.5. The number of carbonyl (C=O) groups is 1. The maximum Gasteiger partial charge on any atom is 0.228 e. The van der Waals surface area contributed by atoms with E-state index in [0.29, 0.717) is 17.9 Å². The minimum Gasteiger partial charge on any atom is -0.313 e. The van der Waals surface area contributed by atoms with Crippen molar-refractivity contribution in [3.8, 4) is 0 Å². The minimum atomic E-state index is -0.332. The Morgan fingerprint density at radius 1 is 1.62 bits per heavy atom. The molecule has 1 aromatic heterocycles. The minimum absolute atomic E-state index is 0.0751. The number of nitrogens with one attached hydrogen (secondary N) is 2. The van der Waals surface area contributed by atoms with Gasteiger partial charge >= 0.3 is 0 Å². The van der Waals surface area contributed by atoms with Crippen LogP contribution in [0.4, 0.5) is 10.3 Å². The molecule has 0 bridgehead atoms. The Bertz CT molecular complexity index is 666. The summed E-state index contributed by atoms with van der Waals surface area (Å²) in [5.74, 6) is 2.08. The van der Waals surface area contributed by atoms with Gasteiger partial charge in [-0.3, -0.25) is 10.1 Å². The van der Waals surface area contributed by atoms with Crippen molar-refractivity contribution in [2.24, 2.45) is 7.05 Å². The Hall–Kier alpha value is -1.60. The molecular weight excluding hydrogens is 291 g/mol. The molecule has 0 spiro atoms. The van der Waals surface area contributed by atoms with Crippen molar-refractivity contribution in [2.75, 3.05) is 23.4 Å². The monoisotopic (exact) mass is 308 g/mol. The number of imidazole rings is 1. The Morgan fingerprint density at radius 2 is 2.48 bits per heavy atom. The molecule has 1 atom stereocenters. The lowest BCUT2D eigenvalue weighted by Crippen LogP contribution is -2.40. The van der Waals surface area contributed by atoms with Crippen molar-refractivity contribution in [2.45, 2.75) is 12.5 Å². The molecule has 2 heterocycles. The molecule has 0 aliphatic carbocycles. The number of rotatable bonds is 3. The number of aromatic nitrogens is 2. The molecule has 1 amide bonds. The fourth-order valence-corrected chi connectivity index (χ4v) is 3.38. The average molecular weight is 308 g/mol. The van der Waals surface area contributed by atoms with Crippen molar-refractivity contribution in [1.82, 2.24) is 14.9 Å². The lowest BCUT2D eigenvalue weighted by atomic mass is 10.2. The number of hydrogen-bond donors (Lipinski definition) is 2. The number of aryl methyl sites for hydroxylation is 1. The molecule has 7 heteroatoms. The topological polar surface area (TPSA) is 59.0 Å². The third-order valence-electron chi connectivity index (χ3n) is 3.52. The van der Waals surface area contributed by atoms with Gasteiger partial charge < -0.3 is 9.88 Å². The molecule has 3 rings (SSSR count). The van der Waals surface area contributed by atoms with Gasteiger partial charge in [-0.15, -0.1) is 0 Å². The van der Waals surface area contributed by atoms with E-state index in [9.17, 15) is 9.18 Å². The summed E-state index contributed by atoms with van der Waals surface area (Å²) < 4.78 is 15.0. The molecule has 1 saturated heterocycles. The van der Waals surface area contributed by atoms with E-state index in [1.165, 1.54) is 12.1 Å². The predicted octanol–water partition coefficient (Wildman–Crippen LogP) is 1.75. The van der Waals surface area contributed by atoms with Crippen molar-refractivity contribution in [1.29, 1.82) is 0 Å². The van der Waals surface area contributed by atoms with Crippen LogP contribution < -0.4 is 10.6 Å². The van der Waals surface area contributed by atoms with Crippen molar-refractivity contribution in [3.63, 3.8) is 0 Å². The number of fused-ring (bicyclic) bond motifs is 1. The van der Waals surface area contributed by atoms with Crippen LogP contribution in [0.2, 0.25) is 0 Å². The first-order chi connectivity index (χ1) is 10.1. The molecule has 5 nitrogen and oxygen atoms in total. The summed E-state index contributed by atoms with van der Waals surface area (Å²) in [7, 11) is 1.80. The molecule has 2 aromatic rings. The SMILES string of the molecule is Cn1c(NC(=O)C[C@@H]2CSCCN2)nc2cc(F)ccc21. The Morgan fingerprint density at radius 3 is 3.24 bits per heavy atom. The lowest BCUT2D eigenvalue weighted by Gasteiger charge is -2.22. The first-order valence-corrected chi connectivity index (χ1v) is 8.02. The third-order valence-corrected chi connectivity index (χ3v) is 4.66. The number of thioether (sulfide) groups is 1. The highest BCUT2D eigenvalue weighted by Crippen LogP contribution is 2.19. The molecule has 1 aliphatic rings. The fraction of sp³-hybridized carbons (Fsp3) is 0.429. The van der Waals surface area contributed by atoms with Crippen LogP contribution in [-0.2, 0) is 11.8 Å². The number of benzene rings is 1. The summed E-state index contributed by atoms with van der Waals surface area (Å²) in [6, 6.07) is 4.62. The highest BCUT2D eigenvalue weighted by molar-refractivity contribution is 7.99. The van der Waals surface area contributed by atoms with E-state index < -0.39 is 0 Å². The lowest BCUT2D eigenvalue weighted by molar-refractivity contribution is -0.116. The number of anilines is 1. The normalized spacial score (nSPS) is 18.9. The summed E-state index contributed by atoms with van der Waals surface area (Å²) >= 11 is 1.85. The number of hydrogen-bond acceptors (Lipinski definition) is 4. The maximum absolute atomic E-state index is 13.2. The van der Waals surface area contributed by atoms with E-state index in [4.69, 9.17) is 0 Å². The first kappa shape index (κ1) is 14.3. The van der Waals surface area contributed by atoms with Crippen LogP contribution in [0.3, 0.4) is 0 Å². The van der Waals surface area contributed by atoms with Crippen LogP contribution >= 0.6 is 11.8 Å². The van der Waals surface area contributed by atoms with Gasteiger partial charge in [-0.25, -0.2) is 9.37 Å². The Kier molecular flexibility index (Phi) is 4.12. The van der Waals surface area contributed by atoms with Gasteiger partial charge in [0, 0.05) is 43.6 Å². The van der Waals surface area contributed by atoms with E-state index >= 15 is 0 Å². The van der Waals surface area contributed by atoms with E-state index in [1.54, 1.807) is 17.7 Å². The van der Waals surface area contributed by atoms with Gasteiger partial charge in [0.05, 0.1) is 11.0 Å². The van der Waals surface area contributed by atoms with E-state index in [-0.39, 0.29) is 17.8 Å². The second-order valence-corrected chi connectivity index (χ2v) is 6.26. The summed E-state index contributed by atoms with van der Waals surface area (Å²) in [6.45, 7) is 0.939. The fourth-order valence-electron chi connectivity index (χ4n) is 2.44. The summed E-state index contributed by atoms with van der Waals surface area (Å²) in [5, 5.41) is 6.13. The Labute approximate surface area is 126 Å². The molecule has 1 fully saturated rings. The zero-order valence-electron chi connectivity index (χ0n) is 11.7. The van der Waals surface area contributed by atoms with Crippen molar-refractivity contribution in [3.05, 3.63) is 24.0 Å². The third kappa shape index (κ3) is 3.19. The van der Waals surface area contributed by atoms with E-state index in [1.807, 2.05) is 11.8 Å². The van der Waals surface area contributed by atoms with E-state index in [0.717, 1.165) is 23.6 Å². The second kappa shape index (κ2) is 6.03. The zero-order chi connectivity index (χ0) is 14.8. The van der Waals surface area contributed by atoms with Gasteiger partial charge in [0.1, 0.15) is 5.82 Å². The summed E-state index contributed by atoms with van der Waals surface area (Å²) in [6.07, 6.45) is 0.421. The molecule has 112 valence electrons. The van der Waals surface area contributed by atoms with Crippen LogP contribution in [-0.4, -0.2) is 39.6 Å². The summed E-state index contributed by atoms with van der Waals surface area (Å²) in [4.78, 5) is 16.4. The van der Waals surface area contributed by atoms with E-state index in [2.05, 4.69) is 15.6 Å². The number of carbonyl (C=O) groups excluding carboxylic acids is 1. The Balaban J connectivity index is 1.72. The molecule has 2 N–H and O–H groups in total. The van der Waals surface area contributed by atoms with Gasteiger partial charge in [0.2, 0.25) is 11.9 Å². The van der Waals surface area contributed by atoms with Crippen molar-refractivity contribution >= 4 is 34.7 Å². The van der Waals surface area contributed by atoms with Crippen LogP contribution in [0.1, 0.15) is 6.42 Å². The number of amides is 1. The second-order valence-electron chi connectivity index (χ2n) is 5.11. The van der Waals surface area contributed by atoms with Crippen LogP contribution in [0, 0.1) is 5.82 Å². The molecule has 21 heavy (non-hydrogen) atoms. The van der Waals surface area contributed by atoms with Crippen LogP contribution in [0.15, 0.2) is 18.2 Å². The van der Waals surface area contributed by atoms with Gasteiger partial charge in [0.15, 0.2) is 0 Å². The van der Waals surface area contributed by atoms with Gasteiger partial charge in [0.25, 0.3) is 0 Å². The van der Waals surface area contributed by atoms with Gasteiger partial charge in [-0.2, -0.15) is 11.8 Å². The molecule has 0 saturated carbocycles. The highest BCUT2D eigenvalue weighted by Gasteiger charge is 2.18. The van der Waals surface area contributed by atoms with Gasteiger partial charge in [-0.1, -0.05) is 0 Å². The standard InChI is InChI=1S/C14H17FN4OS/c1-19-12-3-2-9(15)6-11(12)17-14(19)18-13(20)7-10-8-21-5-4-16-10/h2-3,6,10,16H,4-5,7-8H2,1H3,(H,17,18,20)/t10-/m1/s1. The molecule has 1 aliphatic heterocycles. The molecular formula is C14H17FN4OS. The molecule has 0 unspecified atom stereocenters. The van der Waals surface area contributed by atoms with Gasteiger partial charge in [-0.05, 0) is 12.1 Å². The first-order valence-electron chi connectivity index (χ1n) is 6.86. The van der Waals surface area contributed by atoms with Crippen LogP contribution in [0.5, 0.6) is 0 Å². The maximum atomic E-state index is 13.2.